The Hall–Kier alpha value is -5.22. The number of carbonyl (C=O) groups is 8. The second-order valence-corrected chi connectivity index (χ2v) is 14.5. The van der Waals surface area contributed by atoms with Gasteiger partial charge in [0, 0.05) is 32.5 Å². The van der Waals surface area contributed by atoms with Gasteiger partial charge < -0.3 is 46.2 Å². The van der Waals surface area contributed by atoms with Crippen molar-refractivity contribution in [3.8, 4) is 5.75 Å². The van der Waals surface area contributed by atoms with Gasteiger partial charge in [-0.15, -0.1) is 0 Å². The van der Waals surface area contributed by atoms with Gasteiger partial charge >= 0.3 is 5.97 Å². The lowest BCUT2D eigenvalue weighted by molar-refractivity contribution is -0.149. The van der Waals surface area contributed by atoms with Gasteiger partial charge in [-0.3, -0.25) is 38.4 Å². The molecule has 0 aliphatic carbocycles. The molecule has 53 heavy (non-hydrogen) atoms. The third kappa shape index (κ3) is 9.24. The monoisotopic (exact) mass is 739 g/mol. The highest BCUT2D eigenvalue weighted by atomic mass is 16.4. The Morgan fingerprint density at radius 3 is 1.89 bits per heavy atom. The first-order chi connectivity index (χ1) is 25.2. The molecule has 6 atom stereocenters. The molecule has 4 fully saturated rings. The van der Waals surface area contributed by atoms with E-state index in [-0.39, 0.29) is 44.6 Å². The number of hydrogen-bond donors (Lipinski definition) is 6. The minimum absolute atomic E-state index is 0.00388. The van der Waals surface area contributed by atoms with Crippen molar-refractivity contribution in [3.63, 3.8) is 0 Å². The number of carboxylic acids is 1. The standard InChI is InChI=1S/C36H49N7O10/c1-20(2)30-34(51)39-24(18-21-9-11-22(44)12-10-21)31(48)37-19-28(45)41-15-3-6-25(41)32(49)38-23(13-14-29(46)47)35(52)43-17-5-8-27(43)36(53)42-16-4-7-26(42)33(50)40-30/h9-12,20,23-27,30,44H,3-8,13-19H2,1-2H3,(H,37,48)(H,38,49)(H,39,51)(H,40,50)(H,46,47)/t23-,24-,25+,26-,27-,30-/m1/s1. The van der Waals surface area contributed by atoms with Crippen LogP contribution in [-0.2, 0) is 44.8 Å². The van der Waals surface area contributed by atoms with Gasteiger partial charge in [-0.2, -0.15) is 0 Å². The van der Waals surface area contributed by atoms with Crippen LogP contribution in [0.15, 0.2) is 24.3 Å². The molecule has 288 valence electrons. The quantitative estimate of drug-likeness (QED) is 0.209. The fourth-order valence-electron chi connectivity index (χ4n) is 7.62. The van der Waals surface area contributed by atoms with Crippen molar-refractivity contribution in [1.82, 2.24) is 36.0 Å². The minimum Gasteiger partial charge on any atom is -0.508 e. The van der Waals surface area contributed by atoms with E-state index in [4.69, 9.17) is 0 Å². The summed E-state index contributed by atoms with van der Waals surface area (Å²) in [6, 6.07) is -0.435. The molecule has 6 N–H and O–H groups in total. The van der Waals surface area contributed by atoms with Crippen LogP contribution >= 0.6 is 0 Å². The molecule has 4 aliphatic rings. The van der Waals surface area contributed by atoms with Gasteiger partial charge in [0.2, 0.25) is 41.4 Å². The molecule has 7 amide bonds. The van der Waals surface area contributed by atoms with Crippen LogP contribution in [0.1, 0.15) is 70.8 Å². The predicted molar refractivity (Wildman–Crippen MR) is 187 cm³/mol. The number of hydrogen-bond acceptors (Lipinski definition) is 9. The summed E-state index contributed by atoms with van der Waals surface area (Å²) in [5, 5.41) is 29.9. The number of phenols is 1. The molecule has 0 radical (unpaired) electrons. The van der Waals surface area contributed by atoms with Crippen LogP contribution in [0.5, 0.6) is 5.75 Å². The molecule has 5 rings (SSSR count). The van der Waals surface area contributed by atoms with Gasteiger partial charge in [-0.25, -0.2) is 0 Å². The number of phenolic OH excluding ortho intramolecular Hbond substituents is 1. The highest BCUT2D eigenvalue weighted by Crippen LogP contribution is 2.27. The number of amides is 7. The largest absolute Gasteiger partial charge is 0.508 e. The van der Waals surface area contributed by atoms with Crippen LogP contribution in [0.3, 0.4) is 0 Å². The van der Waals surface area contributed by atoms with Gasteiger partial charge in [-0.1, -0.05) is 26.0 Å². The number of fused-ring (bicyclic) bond motifs is 3. The van der Waals surface area contributed by atoms with E-state index in [2.05, 4.69) is 21.3 Å². The Labute approximate surface area is 307 Å². The molecule has 4 saturated heterocycles. The van der Waals surface area contributed by atoms with E-state index in [9.17, 15) is 48.6 Å². The maximum absolute atomic E-state index is 14.1. The van der Waals surface area contributed by atoms with Crippen molar-refractivity contribution in [2.75, 3.05) is 26.2 Å². The summed E-state index contributed by atoms with van der Waals surface area (Å²) in [5.74, 6) is -5.85. The van der Waals surface area contributed by atoms with Gasteiger partial charge in [0.1, 0.15) is 42.0 Å². The fraction of sp³-hybridized carbons (Fsp3) is 0.611. The van der Waals surface area contributed by atoms with Crippen molar-refractivity contribution in [1.29, 1.82) is 0 Å². The van der Waals surface area contributed by atoms with E-state index in [1.165, 1.54) is 26.8 Å². The average molecular weight is 740 g/mol. The van der Waals surface area contributed by atoms with Crippen molar-refractivity contribution in [2.24, 2.45) is 5.92 Å². The first kappa shape index (κ1) is 39.0. The van der Waals surface area contributed by atoms with Gasteiger partial charge in [-0.05, 0) is 68.6 Å². The Morgan fingerprint density at radius 2 is 1.26 bits per heavy atom. The normalized spacial score (nSPS) is 28.1. The Balaban J connectivity index is 1.48. The van der Waals surface area contributed by atoms with Crippen molar-refractivity contribution in [3.05, 3.63) is 29.8 Å². The molecule has 1 aromatic rings. The summed E-state index contributed by atoms with van der Waals surface area (Å²) >= 11 is 0. The first-order valence-corrected chi connectivity index (χ1v) is 18.3. The fourth-order valence-corrected chi connectivity index (χ4v) is 7.62. The summed E-state index contributed by atoms with van der Waals surface area (Å²) < 4.78 is 0. The number of nitrogens with zero attached hydrogens (tertiary/aromatic N) is 3. The lowest BCUT2D eigenvalue weighted by Crippen LogP contribution is -2.59. The third-order valence-electron chi connectivity index (χ3n) is 10.5. The zero-order chi connectivity index (χ0) is 38.4. The second kappa shape index (κ2) is 17.1. The third-order valence-corrected chi connectivity index (χ3v) is 10.5. The average Bonchev–Trinajstić information content (AvgIpc) is 3.92. The highest BCUT2D eigenvalue weighted by Gasteiger charge is 2.45. The predicted octanol–water partition coefficient (Wildman–Crippen LogP) is -0.987. The van der Waals surface area contributed by atoms with Crippen molar-refractivity contribution in [2.45, 2.75) is 108 Å². The zero-order valence-electron chi connectivity index (χ0n) is 30.0. The molecule has 4 aliphatic heterocycles. The van der Waals surface area contributed by atoms with E-state index >= 15 is 0 Å². The maximum atomic E-state index is 14.1. The molecular weight excluding hydrogens is 690 g/mol. The number of rotatable bonds is 6. The topological polar surface area (TPSA) is 235 Å². The Morgan fingerprint density at radius 1 is 0.717 bits per heavy atom. The highest BCUT2D eigenvalue weighted by molar-refractivity contribution is 5.98. The van der Waals surface area contributed by atoms with Gasteiger partial charge in [0.25, 0.3) is 0 Å². The molecule has 0 saturated carbocycles. The molecular formula is C36H49N7O10. The molecule has 4 heterocycles. The van der Waals surface area contributed by atoms with Crippen molar-refractivity contribution >= 4 is 47.3 Å². The molecule has 17 nitrogen and oxygen atoms in total. The van der Waals surface area contributed by atoms with Gasteiger partial charge in [0.15, 0.2) is 0 Å². The van der Waals surface area contributed by atoms with Crippen LogP contribution in [-0.4, -0.2) is 135 Å². The summed E-state index contributed by atoms with van der Waals surface area (Å²) in [6.07, 6.45) is 1.63. The van der Waals surface area contributed by atoms with Crippen LogP contribution in [0.4, 0.5) is 0 Å². The van der Waals surface area contributed by atoms with E-state index in [0.717, 1.165) is 0 Å². The number of aliphatic carboxylic acids is 1. The number of nitrogens with one attached hydrogen (secondary N) is 4. The summed E-state index contributed by atoms with van der Waals surface area (Å²) in [7, 11) is 0. The van der Waals surface area contributed by atoms with Crippen LogP contribution in [0, 0.1) is 5.92 Å². The summed E-state index contributed by atoms with van der Waals surface area (Å²) in [5.41, 5.74) is 0.592. The number of aromatic hydroxyl groups is 1. The van der Waals surface area contributed by atoms with E-state index < -0.39 is 102 Å². The minimum atomic E-state index is -1.29. The van der Waals surface area contributed by atoms with Crippen LogP contribution in [0.2, 0.25) is 0 Å². The smallest absolute Gasteiger partial charge is 0.303 e. The molecule has 0 aromatic heterocycles. The van der Waals surface area contributed by atoms with E-state index in [0.29, 0.717) is 37.7 Å². The van der Waals surface area contributed by atoms with Crippen molar-refractivity contribution < 1.29 is 48.6 Å². The number of carbonyl (C=O) groups excluding carboxylic acids is 7. The second-order valence-electron chi connectivity index (χ2n) is 14.5. The number of benzene rings is 1. The van der Waals surface area contributed by atoms with Crippen LogP contribution in [0.25, 0.3) is 0 Å². The summed E-state index contributed by atoms with van der Waals surface area (Å²) in [4.78, 5) is 112. The Kier molecular flexibility index (Phi) is 12.6. The number of carboxylic acid groups (broad SMARTS) is 1. The molecule has 0 spiro atoms. The van der Waals surface area contributed by atoms with Gasteiger partial charge in [0.05, 0.1) is 6.54 Å². The SMILES string of the molecule is CC(C)[C@H]1NC(=O)[C@H]2CCCN2C(=O)[C@H]2CCCN2C(=O)[C@@H](CCC(=O)O)NC(=O)[C@@H]2CCCN2C(=O)CNC(=O)[C@@H](Cc2ccc(O)cc2)NC1=O. The molecule has 1 aromatic carbocycles. The van der Waals surface area contributed by atoms with E-state index in [1.54, 1.807) is 26.0 Å². The van der Waals surface area contributed by atoms with E-state index in [1.807, 2.05) is 0 Å². The first-order valence-electron chi connectivity index (χ1n) is 18.3. The molecule has 0 bridgehead atoms. The lowest BCUT2D eigenvalue weighted by Gasteiger charge is -2.34. The van der Waals surface area contributed by atoms with Crippen LogP contribution < -0.4 is 21.3 Å². The molecule has 17 heteroatoms. The lowest BCUT2D eigenvalue weighted by atomic mass is 10.00. The molecule has 0 unspecified atom stereocenters. The Bertz CT molecular complexity index is 1600. The maximum Gasteiger partial charge on any atom is 0.303 e. The zero-order valence-corrected chi connectivity index (χ0v) is 30.0. The summed E-state index contributed by atoms with van der Waals surface area (Å²) in [6.45, 7) is 3.57.